The third kappa shape index (κ3) is 4.39. The molecule has 1 unspecified atom stereocenters. The lowest BCUT2D eigenvalue weighted by atomic mass is 10.0. The second-order valence-electron chi connectivity index (χ2n) is 7.97. The second-order valence-corrected chi connectivity index (χ2v) is 7.97. The number of hydrogen-bond donors (Lipinski definition) is 0. The number of nitrogens with zero attached hydrogens (tertiary/aromatic N) is 2. The first kappa shape index (κ1) is 19.6. The van der Waals surface area contributed by atoms with Crippen LogP contribution in [0.4, 0.5) is 4.39 Å². The molecule has 1 aliphatic heterocycles. The SMILES string of the molecule is Fc1cccc(C2c3cccn3CCCN2Cc2cccc(Oc3ccccc3)c2)c1. The summed E-state index contributed by atoms with van der Waals surface area (Å²) in [5.41, 5.74) is 3.37. The minimum Gasteiger partial charge on any atom is -0.457 e. The van der Waals surface area contributed by atoms with Gasteiger partial charge in [0.2, 0.25) is 0 Å². The molecule has 0 saturated heterocycles. The lowest BCUT2D eigenvalue weighted by Gasteiger charge is -2.31. The van der Waals surface area contributed by atoms with Crippen LogP contribution < -0.4 is 4.74 Å². The molecule has 156 valence electrons. The maximum atomic E-state index is 14.1. The first-order valence-corrected chi connectivity index (χ1v) is 10.7. The Morgan fingerprint density at radius 1 is 0.806 bits per heavy atom. The summed E-state index contributed by atoms with van der Waals surface area (Å²) in [4.78, 5) is 2.44. The summed E-state index contributed by atoms with van der Waals surface area (Å²) < 4.78 is 22.4. The standard InChI is InChI=1S/C27H25FN2O/c28-23-10-5-9-22(19-23)27-26-14-6-15-29(26)16-7-17-30(27)20-21-8-4-13-25(18-21)31-24-11-2-1-3-12-24/h1-6,8-15,18-19,27H,7,16-17,20H2. The molecule has 0 amide bonds. The van der Waals surface area contributed by atoms with Crippen molar-refractivity contribution in [2.24, 2.45) is 0 Å². The number of ether oxygens (including phenoxy) is 1. The Morgan fingerprint density at radius 2 is 1.65 bits per heavy atom. The fourth-order valence-corrected chi connectivity index (χ4v) is 4.43. The highest BCUT2D eigenvalue weighted by atomic mass is 19.1. The minimum atomic E-state index is -0.196. The molecule has 0 aliphatic carbocycles. The molecule has 1 aromatic heterocycles. The third-order valence-electron chi connectivity index (χ3n) is 5.78. The van der Waals surface area contributed by atoms with Crippen LogP contribution in [0, 0.1) is 5.82 Å². The zero-order valence-corrected chi connectivity index (χ0v) is 17.3. The molecular formula is C27H25FN2O. The average Bonchev–Trinajstić information content (AvgIpc) is 3.16. The zero-order valence-electron chi connectivity index (χ0n) is 17.3. The van der Waals surface area contributed by atoms with Crippen LogP contribution in [0.5, 0.6) is 11.5 Å². The molecule has 0 bridgehead atoms. The zero-order chi connectivity index (χ0) is 21.0. The Hall–Kier alpha value is -3.37. The van der Waals surface area contributed by atoms with E-state index in [1.807, 2.05) is 48.5 Å². The predicted octanol–water partition coefficient (Wildman–Crippen LogP) is 6.41. The van der Waals surface area contributed by atoms with Crippen LogP contribution in [0.3, 0.4) is 0 Å². The summed E-state index contributed by atoms with van der Waals surface area (Å²) in [6, 6.07) is 29.3. The van der Waals surface area contributed by atoms with Crippen LogP contribution in [0.1, 0.15) is 29.3 Å². The lowest BCUT2D eigenvalue weighted by Crippen LogP contribution is -2.29. The van der Waals surface area contributed by atoms with Crippen LogP contribution in [0.2, 0.25) is 0 Å². The van der Waals surface area contributed by atoms with E-state index in [1.165, 1.54) is 17.3 Å². The molecule has 2 heterocycles. The number of para-hydroxylation sites is 1. The van der Waals surface area contributed by atoms with E-state index < -0.39 is 0 Å². The van der Waals surface area contributed by atoms with Gasteiger partial charge in [-0.2, -0.15) is 0 Å². The predicted molar refractivity (Wildman–Crippen MR) is 121 cm³/mol. The number of halogens is 1. The molecule has 4 heteroatoms. The summed E-state index contributed by atoms with van der Waals surface area (Å²) >= 11 is 0. The molecular weight excluding hydrogens is 387 g/mol. The summed E-state index contributed by atoms with van der Waals surface area (Å²) in [5.74, 6) is 1.45. The number of aromatic nitrogens is 1. The highest BCUT2D eigenvalue weighted by Crippen LogP contribution is 2.34. The van der Waals surface area contributed by atoms with Crippen LogP contribution in [0.25, 0.3) is 0 Å². The Kier molecular flexibility index (Phi) is 5.55. The van der Waals surface area contributed by atoms with Crippen molar-refractivity contribution in [2.45, 2.75) is 25.6 Å². The molecule has 5 rings (SSSR count). The molecule has 1 aliphatic rings. The lowest BCUT2D eigenvalue weighted by molar-refractivity contribution is 0.220. The van der Waals surface area contributed by atoms with E-state index >= 15 is 0 Å². The molecule has 0 saturated carbocycles. The number of hydrogen-bond acceptors (Lipinski definition) is 2. The molecule has 0 fully saturated rings. The minimum absolute atomic E-state index is 0.00639. The van der Waals surface area contributed by atoms with E-state index in [0.29, 0.717) is 0 Å². The molecule has 0 N–H and O–H groups in total. The number of rotatable bonds is 5. The van der Waals surface area contributed by atoms with Gasteiger partial charge in [0.1, 0.15) is 17.3 Å². The van der Waals surface area contributed by atoms with Gasteiger partial charge in [-0.3, -0.25) is 4.90 Å². The highest BCUT2D eigenvalue weighted by Gasteiger charge is 2.27. The topological polar surface area (TPSA) is 17.4 Å². The quantitative estimate of drug-likeness (QED) is 0.377. The summed E-state index contributed by atoms with van der Waals surface area (Å²) in [5, 5.41) is 0. The molecule has 3 nitrogen and oxygen atoms in total. The molecule has 0 spiro atoms. The van der Waals surface area contributed by atoms with Crippen LogP contribution in [-0.2, 0) is 13.1 Å². The Balaban J connectivity index is 1.45. The fraction of sp³-hybridized carbons (Fsp3) is 0.185. The summed E-state index contributed by atoms with van der Waals surface area (Å²) in [6.07, 6.45) is 3.17. The van der Waals surface area contributed by atoms with Gasteiger partial charge in [-0.25, -0.2) is 4.39 Å². The molecule has 0 radical (unpaired) electrons. The first-order chi connectivity index (χ1) is 15.3. The highest BCUT2D eigenvalue weighted by molar-refractivity contribution is 5.35. The van der Waals surface area contributed by atoms with Crippen molar-refractivity contribution in [3.8, 4) is 11.5 Å². The number of aryl methyl sites for hydroxylation is 1. The van der Waals surface area contributed by atoms with Crippen molar-refractivity contribution in [1.29, 1.82) is 0 Å². The average molecular weight is 413 g/mol. The van der Waals surface area contributed by atoms with Gasteiger partial charge >= 0.3 is 0 Å². The van der Waals surface area contributed by atoms with Crippen molar-refractivity contribution >= 4 is 0 Å². The van der Waals surface area contributed by atoms with Crippen LogP contribution >= 0.6 is 0 Å². The van der Waals surface area contributed by atoms with E-state index in [4.69, 9.17) is 4.74 Å². The Labute approximate surface area is 182 Å². The van der Waals surface area contributed by atoms with Gasteiger partial charge in [0.15, 0.2) is 0 Å². The summed E-state index contributed by atoms with van der Waals surface area (Å²) in [7, 11) is 0. The monoisotopic (exact) mass is 412 g/mol. The second kappa shape index (κ2) is 8.78. The maximum absolute atomic E-state index is 14.1. The smallest absolute Gasteiger partial charge is 0.127 e. The number of fused-ring (bicyclic) bond motifs is 1. The molecule has 4 aromatic rings. The normalized spacial score (nSPS) is 16.5. The summed E-state index contributed by atoms with van der Waals surface area (Å²) in [6.45, 7) is 2.67. The van der Waals surface area contributed by atoms with Gasteiger partial charge in [-0.05, 0) is 66.1 Å². The Bertz CT molecular complexity index is 1150. The fourth-order valence-electron chi connectivity index (χ4n) is 4.43. The Morgan fingerprint density at radius 3 is 2.52 bits per heavy atom. The van der Waals surface area contributed by atoms with E-state index in [9.17, 15) is 4.39 Å². The maximum Gasteiger partial charge on any atom is 0.127 e. The molecule has 3 aromatic carbocycles. The van der Waals surface area contributed by atoms with Crippen molar-refractivity contribution in [3.05, 3.63) is 120 Å². The van der Waals surface area contributed by atoms with Gasteiger partial charge in [-0.15, -0.1) is 0 Å². The molecule has 1 atom stereocenters. The molecule has 31 heavy (non-hydrogen) atoms. The van der Waals surface area contributed by atoms with Crippen molar-refractivity contribution < 1.29 is 9.13 Å². The van der Waals surface area contributed by atoms with Gasteiger partial charge in [-0.1, -0.05) is 42.5 Å². The van der Waals surface area contributed by atoms with Gasteiger partial charge in [0.25, 0.3) is 0 Å². The number of benzene rings is 3. The van der Waals surface area contributed by atoms with Crippen molar-refractivity contribution in [1.82, 2.24) is 9.47 Å². The van der Waals surface area contributed by atoms with Crippen LogP contribution in [0.15, 0.2) is 97.2 Å². The van der Waals surface area contributed by atoms with Gasteiger partial charge < -0.3 is 9.30 Å². The van der Waals surface area contributed by atoms with Gasteiger partial charge in [0, 0.05) is 31.5 Å². The van der Waals surface area contributed by atoms with Crippen molar-refractivity contribution in [3.63, 3.8) is 0 Å². The van der Waals surface area contributed by atoms with E-state index in [2.05, 4.69) is 39.9 Å². The largest absolute Gasteiger partial charge is 0.457 e. The van der Waals surface area contributed by atoms with Gasteiger partial charge in [0.05, 0.1) is 6.04 Å². The van der Waals surface area contributed by atoms with Crippen LogP contribution in [-0.4, -0.2) is 16.0 Å². The van der Waals surface area contributed by atoms with E-state index in [-0.39, 0.29) is 11.9 Å². The van der Waals surface area contributed by atoms with E-state index in [1.54, 1.807) is 12.1 Å². The van der Waals surface area contributed by atoms with E-state index in [0.717, 1.165) is 43.1 Å². The van der Waals surface area contributed by atoms with Crippen molar-refractivity contribution in [2.75, 3.05) is 6.54 Å². The third-order valence-corrected chi connectivity index (χ3v) is 5.78. The first-order valence-electron chi connectivity index (χ1n) is 10.7.